The van der Waals surface area contributed by atoms with Crippen LogP contribution in [0.25, 0.3) is 0 Å². The van der Waals surface area contributed by atoms with Crippen molar-refractivity contribution in [2.45, 2.75) is 12.5 Å². The minimum absolute atomic E-state index is 0.00750. The highest BCUT2D eigenvalue weighted by molar-refractivity contribution is 6.09. The Morgan fingerprint density at radius 3 is 2.14 bits per heavy atom. The van der Waals surface area contributed by atoms with Gasteiger partial charge < -0.3 is 4.90 Å². The Morgan fingerprint density at radius 2 is 1.41 bits per heavy atom. The molecule has 2 aromatic rings. The summed E-state index contributed by atoms with van der Waals surface area (Å²) >= 11 is 0. The fraction of sp³-hybridized carbons (Fsp3) is 0.240. The zero-order chi connectivity index (χ0) is 20.0. The number of fused-ring (bicyclic) bond motifs is 1. The molecule has 4 nitrogen and oxygen atoms in total. The van der Waals surface area contributed by atoms with Gasteiger partial charge >= 0.3 is 0 Å². The molecule has 144 valence electrons. The van der Waals surface area contributed by atoms with Crippen molar-refractivity contribution in [2.75, 3.05) is 4.90 Å². The zero-order valence-electron chi connectivity index (χ0n) is 15.8. The molecular weight excluding hydrogens is 362 g/mol. The first-order valence-electron chi connectivity index (χ1n) is 10.0. The molecule has 29 heavy (non-hydrogen) atoms. The van der Waals surface area contributed by atoms with E-state index in [0.29, 0.717) is 6.42 Å². The molecule has 1 saturated heterocycles. The van der Waals surface area contributed by atoms with Crippen LogP contribution in [0.2, 0.25) is 0 Å². The lowest BCUT2D eigenvalue weighted by Gasteiger charge is -2.52. The first-order chi connectivity index (χ1) is 14.2. The van der Waals surface area contributed by atoms with Gasteiger partial charge in [0.05, 0.1) is 12.0 Å². The van der Waals surface area contributed by atoms with E-state index in [1.165, 1.54) is 12.2 Å². The van der Waals surface area contributed by atoms with E-state index in [-0.39, 0.29) is 41.3 Å². The number of nitrogens with zero attached hydrogens (tertiary/aromatic N) is 1. The van der Waals surface area contributed by atoms with E-state index >= 15 is 0 Å². The van der Waals surface area contributed by atoms with Gasteiger partial charge in [0.1, 0.15) is 0 Å². The molecule has 0 bridgehead atoms. The van der Waals surface area contributed by atoms with E-state index in [2.05, 4.69) is 0 Å². The fourth-order valence-corrected chi connectivity index (χ4v) is 5.11. The number of allylic oxidation sites excluding steroid dienone is 4. The smallest absolute Gasteiger partial charge is 0.233 e. The van der Waals surface area contributed by atoms with Gasteiger partial charge in [0.25, 0.3) is 0 Å². The molecule has 0 radical (unpaired) electrons. The molecule has 5 atom stereocenters. The normalized spacial score (nSPS) is 30.8. The van der Waals surface area contributed by atoms with Crippen molar-refractivity contribution in [2.24, 2.45) is 23.7 Å². The quantitative estimate of drug-likeness (QED) is 0.597. The molecular formula is C25H21NO3. The molecule has 2 aliphatic carbocycles. The topological polar surface area (TPSA) is 54.5 Å². The Labute approximate surface area is 169 Å². The van der Waals surface area contributed by atoms with Gasteiger partial charge in [0.2, 0.25) is 5.91 Å². The second-order valence-electron chi connectivity index (χ2n) is 7.94. The van der Waals surface area contributed by atoms with Gasteiger partial charge in [-0.15, -0.1) is 0 Å². The molecule has 2 aromatic carbocycles. The Balaban J connectivity index is 1.57. The third-order valence-electron chi connectivity index (χ3n) is 6.43. The minimum Gasteiger partial charge on any atom is -0.304 e. The Kier molecular flexibility index (Phi) is 4.27. The number of para-hydroxylation sites is 1. The van der Waals surface area contributed by atoms with Crippen molar-refractivity contribution in [3.05, 3.63) is 90.5 Å². The lowest BCUT2D eigenvalue weighted by atomic mass is 9.61. The molecule has 1 aliphatic heterocycles. The summed E-state index contributed by atoms with van der Waals surface area (Å²) in [5, 5.41) is 0. The molecule has 1 heterocycles. The number of carbonyl (C=O) groups is 3. The molecule has 4 heteroatoms. The Morgan fingerprint density at radius 1 is 0.759 bits per heavy atom. The number of carbonyl (C=O) groups excluding carboxylic acids is 3. The fourth-order valence-electron chi connectivity index (χ4n) is 5.11. The van der Waals surface area contributed by atoms with Crippen LogP contribution < -0.4 is 4.90 Å². The number of benzene rings is 2. The molecule has 1 fully saturated rings. The highest BCUT2D eigenvalue weighted by Crippen LogP contribution is 2.52. The van der Waals surface area contributed by atoms with Crippen LogP contribution in [-0.4, -0.2) is 17.5 Å². The average Bonchev–Trinajstić information content (AvgIpc) is 2.76. The van der Waals surface area contributed by atoms with Crippen LogP contribution >= 0.6 is 0 Å². The van der Waals surface area contributed by atoms with Crippen LogP contribution in [0.15, 0.2) is 85.0 Å². The third kappa shape index (κ3) is 2.79. The number of ketones is 2. The van der Waals surface area contributed by atoms with Gasteiger partial charge in [-0.25, -0.2) is 0 Å². The van der Waals surface area contributed by atoms with Crippen molar-refractivity contribution in [3.63, 3.8) is 0 Å². The highest BCUT2D eigenvalue weighted by Gasteiger charge is 2.56. The minimum atomic E-state index is -0.449. The van der Waals surface area contributed by atoms with Gasteiger partial charge in [0, 0.05) is 23.4 Å². The Bertz CT molecular complexity index is 1020. The standard InChI is InChI=1S/C25H21NO3/c27-20-14-15-21(28)22-18(20)12-7-13-19(22)23-24(16-8-3-1-4-9-16)26(25(23)29)17-10-5-2-6-11-17/h1-11,13-15,18-19,22-24H,12H2/t18-,19-,22+,23-,24-/m1/s1. The summed E-state index contributed by atoms with van der Waals surface area (Å²) in [5.41, 5.74) is 1.89. The van der Waals surface area contributed by atoms with Crippen LogP contribution in [0.1, 0.15) is 18.0 Å². The molecule has 3 aliphatic rings. The maximum absolute atomic E-state index is 13.4. The van der Waals surface area contributed by atoms with Crippen LogP contribution in [-0.2, 0) is 14.4 Å². The summed E-state index contributed by atoms with van der Waals surface area (Å²) in [5.74, 6) is -1.46. The third-order valence-corrected chi connectivity index (χ3v) is 6.43. The zero-order valence-corrected chi connectivity index (χ0v) is 15.8. The maximum atomic E-state index is 13.4. The van der Waals surface area contributed by atoms with Crippen molar-refractivity contribution in [3.8, 4) is 0 Å². The second-order valence-corrected chi connectivity index (χ2v) is 7.94. The number of β-lactam (4-membered cyclic amide) rings is 1. The van der Waals surface area contributed by atoms with Gasteiger partial charge in [-0.3, -0.25) is 14.4 Å². The lowest BCUT2D eigenvalue weighted by molar-refractivity contribution is -0.139. The maximum Gasteiger partial charge on any atom is 0.233 e. The Hall–Kier alpha value is -3.27. The second kappa shape index (κ2) is 6.96. The van der Waals surface area contributed by atoms with Crippen LogP contribution in [0.4, 0.5) is 5.69 Å². The van der Waals surface area contributed by atoms with Crippen LogP contribution in [0.5, 0.6) is 0 Å². The number of amides is 1. The molecule has 5 rings (SSSR count). The van der Waals surface area contributed by atoms with Gasteiger partial charge in [-0.05, 0) is 36.3 Å². The number of hydrogen-bond acceptors (Lipinski definition) is 3. The summed E-state index contributed by atoms with van der Waals surface area (Å²) in [7, 11) is 0. The predicted octanol–water partition coefficient (Wildman–Crippen LogP) is 3.91. The molecule has 1 amide bonds. The van der Waals surface area contributed by atoms with E-state index < -0.39 is 5.92 Å². The molecule has 0 unspecified atom stereocenters. The first-order valence-corrected chi connectivity index (χ1v) is 10.0. The van der Waals surface area contributed by atoms with Crippen molar-refractivity contribution in [1.82, 2.24) is 0 Å². The number of anilines is 1. The van der Waals surface area contributed by atoms with Crippen molar-refractivity contribution in [1.29, 1.82) is 0 Å². The highest BCUT2D eigenvalue weighted by atomic mass is 16.2. The van der Waals surface area contributed by atoms with Crippen molar-refractivity contribution >= 4 is 23.2 Å². The van der Waals surface area contributed by atoms with Crippen LogP contribution in [0.3, 0.4) is 0 Å². The van der Waals surface area contributed by atoms with Crippen molar-refractivity contribution < 1.29 is 14.4 Å². The predicted molar refractivity (Wildman–Crippen MR) is 110 cm³/mol. The van der Waals surface area contributed by atoms with E-state index in [9.17, 15) is 14.4 Å². The summed E-state index contributed by atoms with van der Waals surface area (Å²) in [4.78, 5) is 40.3. The van der Waals surface area contributed by atoms with Gasteiger partial charge in [0.15, 0.2) is 11.6 Å². The monoisotopic (exact) mass is 383 g/mol. The largest absolute Gasteiger partial charge is 0.304 e. The number of hydrogen-bond donors (Lipinski definition) is 0. The van der Waals surface area contributed by atoms with Gasteiger partial charge in [-0.2, -0.15) is 0 Å². The van der Waals surface area contributed by atoms with E-state index in [1.807, 2.05) is 77.7 Å². The molecule has 0 aromatic heterocycles. The van der Waals surface area contributed by atoms with E-state index in [4.69, 9.17) is 0 Å². The molecule has 0 saturated carbocycles. The summed E-state index contributed by atoms with van der Waals surface area (Å²) in [6, 6.07) is 19.4. The first kappa shape index (κ1) is 17.8. The SMILES string of the molecule is O=C1C=CC(=O)[C@H]2CC=C[C@@H]([C@H]3C(=O)N(c4ccccc4)[C@@H]3c3ccccc3)[C@@H]12. The summed E-state index contributed by atoms with van der Waals surface area (Å²) in [6.45, 7) is 0. The summed E-state index contributed by atoms with van der Waals surface area (Å²) in [6.07, 6.45) is 7.32. The lowest BCUT2D eigenvalue weighted by Crippen LogP contribution is -2.60. The molecule has 0 N–H and O–H groups in total. The average molecular weight is 383 g/mol. The summed E-state index contributed by atoms with van der Waals surface area (Å²) < 4.78 is 0. The van der Waals surface area contributed by atoms with Crippen LogP contribution in [0, 0.1) is 23.7 Å². The number of rotatable bonds is 3. The van der Waals surface area contributed by atoms with E-state index in [0.717, 1.165) is 11.3 Å². The molecule has 0 spiro atoms. The van der Waals surface area contributed by atoms with Gasteiger partial charge in [-0.1, -0.05) is 60.7 Å². The van der Waals surface area contributed by atoms with E-state index in [1.54, 1.807) is 0 Å².